The van der Waals surface area contributed by atoms with Crippen LogP contribution in [0.25, 0.3) is 0 Å². The van der Waals surface area contributed by atoms with Crippen LogP contribution in [0.1, 0.15) is 47.0 Å². The van der Waals surface area contributed by atoms with E-state index < -0.39 is 14.8 Å². The molecular weight excluding hydrogens is 236 g/mol. The van der Waals surface area contributed by atoms with Gasteiger partial charge in [-0.2, -0.15) is 4.31 Å². The second-order valence-electron chi connectivity index (χ2n) is 5.71. The lowest BCUT2D eigenvalue weighted by atomic mass is 10.1. The zero-order chi connectivity index (χ0) is 13.1. The molecule has 0 aliphatic carbocycles. The first-order valence-corrected chi connectivity index (χ1v) is 7.97. The van der Waals surface area contributed by atoms with E-state index in [1.807, 2.05) is 6.92 Å². The average molecular weight is 262 g/mol. The fourth-order valence-electron chi connectivity index (χ4n) is 2.17. The SMILES string of the molecule is CCCN(C1CCNCC1)S(=O)(=O)C(C)(C)C. The molecule has 0 aromatic carbocycles. The zero-order valence-electron chi connectivity index (χ0n) is 11.5. The molecule has 1 N–H and O–H groups in total. The minimum atomic E-state index is -3.19. The lowest BCUT2D eigenvalue weighted by molar-refractivity contribution is 0.257. The summed E-state index contributed by atoms with van der Waals surface area (Å²) in [7, 11) is -3.19. The van der Waals surface area contributed by atoms with Crippen molar-refractivity contribution in [2.75, 3.05) is 19.6 Å². The zero-order valence-corrected chi connectivity index (χ0v) is 12.3. The van der Waals surface area contributed by atoms with Crippen molar-refractivity contribution in [3.05, 3.63) is 0 Å². The molecule has 0 spiro atoms. The van der Waals surface area contributed by atoms with Crippen molar-refractivity contribution in [3.63, 3.8) is 0 Å². The highest BCUT2D eigenvalue weighted by Crippen LogP contribution is 2.25. The monoisotopic (exact) mass is 262 g/mol. The molecule has 1 rings (SSSR count). The van der Waals surface area contributed by atoms with Crippen LogP contribution < -0.4 is 5.32 Å². The molecule has 0 saturated carbocycles. The second-order valence-corrected chi connectivity index (χ2v) is 8.35. The first kappa shape index (κ1) is 14.9. The Morgan fingerprint density at radius 2 is 1.76 bits per heavy atom. The number of piperidine rings is 1. The van der Waals surface area contributed by atoms with Crippen LogP contribution in [0.5, 0.6) is 0 Å². The van der Waals surface area contributed by atoms with Crippen LogP contribution in [-0.4, -0.2) is 43.1 Å². The van der Waals surface area contributed by atoms with E-state index in [2.05, 4.69) is 5.32 Å². The molecule has 102 valence electrons. The number of nitrogens with one attached hydrogen (secondary N) is 1. The Kier molecular flexibility index (Phi) is 4.98. The normalized spacial score (nSPS) is 19.8. The standard InChI is InChI=1S/C12H26N2O2S/c1-5-10-14(11-6-8-13-9-7-11)17(15,16)12(2,3)4/h11,13H,5-10H2,1-4H3. The van der Waals surface area contributed by atoms with E-state index in [0.29, 0.717) is 6.54 Å². The Balaban J connectivity index is 2.92. The van der Waals surface area contributed by atoms with E-state index >= 15 is 0 Å². The molecule has 17 heavy (non-hydrogen) atoms. The van der Waals surface area contributed by atoms with Crippen molar-refractivity contribution < 1.29 is 8.42 Å². The van der Waals surface area contributed by atoms with Crippen LogP contribution in [0, 0.1) is 0 Å². The van der Waals surface area contributed by atoms with Gasteiger partial charge in [0, 0.05) is 12.6 Å². The maximum absolute atomic E-state index is 12.5. The Bertz CT molecular complexity index is 327. The molecule has 0 unspecified atom stereocenters. The second kappa shape index (κ2) is 5.67. The van der Waals surface area contributed by atoms with E-state index in [4.69, 9.17) is 0 Å². The van der Waals surface area contributed by atoms with Gasteiger partial charge in [-0.1, -0.05) is 6.92 Å². The number of hydrogen-bond donors (Lipinski definition) is 1. The largest absolute Gasteiger partial charge is 0.317 e. The molecule has 0 bridgehead atoms. The smallest absolute Gasteiger partial charge is 0.219 e. The summed E-state index contributed by atoms with van der Waals surface area (Å²) < 4.78 is 26.1. The van der Waals surface area contributed by atoms with Gasteiger partial charge >= 0.3 is 0 Å². The molecule has 0 amide bonds. The van der Waals surface area contributed by atoms with Crippen molar-refractivity contribution in [2.45, 2.75) is 57.7 Å². The summed E-state index contributed by atoms with van der Waals surface area (Å²) in [6.07, 6.45) is 2.73. The number of sulfonamides is 1. The highest BCUT2D eigenvalue weighted by atomic mass is 32.2. The van der Waals surface area contributed by atoms with Gasteiger partial charge in [-0.25, -0.2) is 8.42 Å². The summed E-state index contributed by atoms with van der Waals surface area (Å²) in [6.45, 7) is 9.87. The fraction of sp³-hybridized carbons (Fsp3) is 1.00. The van der Waals surface area contributed by atoms with E-state index in [1.165, 1.54) is 0 Å². The van der Waals surface area contributed by atoms with Crippen molar-refractivity contribution >= 4 is 10.0 Å². The summed E-state index contributed by atoms with van der Waals surface area (Å²) in [5.41, 5.74) is 0. The van der Waals surface area contributed by atoms with Gasteiger partial charge in [-0.3, -0.25) is 0 Å². The molecular formula is C12H26N2O2S. The number of hydrogen-bond acceptors (Lipinski definition) is 3. The third kappa shape index (κ3) is 3.42. The van der Waals surface area contributed by atoms with Gasteiger partial charge in [0.25, 0.3) is 0 Å². The van der Waals surface area contributed by atoms with Gasteiger partial charge in [0.1, 0.15) is 0 Å². The predicted octanol–water partition coefficient (Wildman–Crippen LogP) is 1.58. The first-order chi connectivity index (χ1) is 7.80. The van der Waals surface area contributed by atoms with Crippen LogP contribution in [0.4, 0.5) is 0 Å². The molecule has 4 nitrogen and oxygen atoms in total. The predicted molar refractivity (Wildman–Crippen MR) is 71.6 cm³/mol. The summed E-state index contributed by atoms with van der Waals surface area (Å²) in [5.74, 6) is 0. The lowest BCUT2D eigenvalue weighted by Gasteiger charge is -2.37. The van der Waals surface area contributed by atoms with Crippen LogP contribution in [0.3, 0.4) is 0 Å². The molecule has 1 aliphatic rings. The van der Waals surface area contributed by atoms with E-state index in [-0.39, 0.29) is 6.04 Å². The lowest BCUT2D eigenvalue weighted by Crippen LogP contribution is -2.51. The maximum atomic E-state index is 12.5. The minimum Gasteiger partial charge on any atom is -0.317 e. The van der Waals surface area contributed by atoms with Crippen LogP contribution in [0.15, 0.2) is 0 Å². The summed E-state index contributed by atoms with van der Waals surface area (Å²) in [4.78, 5) is 0. The van der Waals surface area contributed by atoms with Gasteiger partial charge in [0.05, 0.1) is 4.75 Å². The molecule has 0 aromatic rings. The van der Waals surface area contributed by atoms with Crippen LogP contribution >= 0.6 is 0 Å². The first-order valence-electron chi connectivity index (χ1n) is 6.53. The molecule has 0 atom stereocenters. The average Bonchev–Trinajstić information content (AvgIpc) is 2.25. The fourth-order valence-corrected chi connectivity index (χ4v) is 3.90. The molecule has 1 heterocycles. The Hall–Kier alpha value is -0.130. The Morgan fingerprint density at radius 3 is 2.18 bits per heavy atom. The summed E-state index contributed by atoms with van der Waals surface area (Å²) in [6, 6.07) is 0.181. The maximum Gasteiger partial charge on any atom is 0.219 e. The highest BCUT2D eigenvalue weighted by Gasteiger charge is 2.38. The van der Waals surface area contributed by atoms with Crippen molar-refractivity contribution in [3.8, 4) is 0 Å². The Labute approximate surface area is 106 Å². The van der Waals surface area contributed by atoms with Gasteiger partial charge in [-0.05, 0) is 53.1 Å². The van der Waals surface area contributed by atoms with Gasteiger partial charge in [0.2, 0.25) is 10.0 Å². The molecule has 1 aliphatic heterocycles. The molecule has 0 radical (unpaired) electrons. The van der Waals surface area contributed by atoms with Crippen molar-refractivity contribution in [1.82, 2.24) is 9.62 Å². The molecule has 1 saturated heterocycles. The quantitative estimate of drug-likeness (QED) is 0.837. The molecule has 1 fully saturated rings. The van der Waals surface area contributed by atoms with Crippen LogP contribution in [0.2, 0.25) is 0 Å². The third-order valence-corrected chi connectivity index (χ3v) is 5.89. The van der Waals surface area contributed by atoms with Gasteiger partial charge in [0.15, 0.2) is 0 Å². The Morgan fingerprint density at radius 1 is 1.24 bits per heavy atom. The number of nitrogens with zero attached hydrogens (tertiary/aromatic N) is 1. The van der Waals surface area contributed by atoms with Crippen LogP contribution in [-0.2, 0) is 10.0 Å². The summed E-state index contributed by atoms with van der Waals surface area (Å²) in [5, 5.41) is 3.28. The molecule has 0 aromatic heterocycles. The van der Waals surface area contributed by atoms with E-state index in [0.717, 1.165) is 32.4 Å². The van der Waals surface area contributed by atoms with Crippen molar-refractivity contribution in [1.29, 1.82) is 0 Å². The number of rotatable bonds is 4. The highest BCUT2D eigenvalue weighted by molar-refractivity contribution is 7.90. The molecule has 5 heteroatoms. The van der Waals surface area contributed by atoms with Crippen molar-refractivity contribution in [2.24, 2.45) is 0 Å². The summed E-state index contributed by atoms with van der Waals surface area (Å²) >= 11 is 0. The topological polar surface area (TPSA) is 49.4 Å². The third-order valence-electron chi connectivity index (χ3n) is 3.24. The van der Waals surface area contributed by atoms with E-state index in [1.54, 1.807) is 25.1 Å². The van der Waals surface area contributed by atoms with Gasteiger partial charge < -0.3 is 5.32 Å². The minimum absolute atomic E-state index is 0.181. The van der Waals surface area contributed by atoms with Gasteiger partial charge in [-0.15, -0.1) is 0 Å². The van der Waals surface area contributed by atoms with E-state index in [9.17, 15) is 8.42 Å².